The molecular weight excluding hydrogens is 451 g/mol. The Morgan fingerprint density at radius 2 is 1.03 bits per heavy atom. The van der Waals surface area contributed by atoms with Gasteiger partial charge >= 0.3 is 20.1 Å². The lowest BCUT2D eigenvalue weighted by molar-refractivity contribution is -0.147. The SMILES string of the molecule is O=C(CO[PH](=O)OCC(=O)C(F)(F)CCc1ccccc1)C(F)(F)CCc1ccccc1. The molecule has 2 rings (SSSR count). The third kappa shape index (κ3) is 8.65. The van der Waals surface area contributed by atoms with Crippen LogP contribution in [0.1, 0.15) is 24.0 Å². The van der Waals surface area contributed by atoms with Crippen molar-refractivity contribution in [3.8, 4) is 0 Å². The van der Waals surface area contributed by atoms with Crippen LogP contribution >= 0.6 is 8.25 Å². The van der Waals surface area contributed by atoms with Crippen molar-refractivity contribution >= 4 is 19.8 Å². The third-order valence-corrected chi connectivity index (χ3v) is 5.36. The topological polar surface area (TPSA) is 69.7 Å². The van der Waals surface area contributed by atoms with Gasteiger partial charge in [-0.2, -0.15) is 17.6 Å². The van der Waals surface area contributed by atoms with Crippen LogP contribution in [0, 0.1) is 0 Å². The minimum atomic E-state index is -3.72. The second-order valence-corrected chi connectivity index (χ2v) is 8.13. The molecule has 0 N–H and O–H groups in total. The molecule has 0 aliphatic heterocycles. The summed E-state index contributed by atoms with van der Waals surface area (Å²) in [5.41, 5.74) is 1.23. The molecule has 0 saturated heterocycles. The van der Waals surface area contributed by atoms with Crippen LogP contribution in [0.5, 0.6) is 0 Å². The smallest absolute Gasteiger partial charge is 0.302 e. The summed E-state index contributed by atoms with van der Waals surface area (Å²) in [4.78, 5) is 23.3. The fourth-order valence-electron chi connectivity index (χ4n) is 2.67. The molecule has 0 atom stereocenters. The standard InChI is InChI=1S/C22H23F4O5P/c23-21(24,13-11-17-7-3-1-4-8-17)19(27)15-30-32(29)31-16-20(28)22(25,26)14-12-18-9-5-2-6-10-18/h1-10,32H,11-16H2. The predicted octanol–water partition coefficient (Wildman–Crippen LogP) is 5.08. The number of carbonyl (C=O) groups excluding carboxylic acids is 2. The minimum Gasteiger partial charge on any atom is -0.302 e. The van der Waals surface area contributed by atoms with E-state index in [9.17, 15) is 31.7 Å². The molecule has 32 heavy (non-hydrogen) atoms. The minimum absolute atomic E-state index is 0.0577. The second kappa shape index (κ2) is 12.0. The van der Waals surface area contributed by atoms with Crippen LogP contribution < -0.4 is 0 Å². The Bertz CT molecular complexity index is 834. The first kappa shape index (κ1) is 25.9. The average Bonchev–Trinajstić information content (AvgIpc) is 2.79. The van der Waals surface area contributed by atoms with Crippen LogP contribution in [-0.2, 0) is 36.0 Å². The average molecular weight is 474 g/mol. The molecule has 0 radical (unpaired) electrons. The summed E-state index contributed by atoms with van der Waals surface area (Å²) in [6, 6.07) is 16.7. The van der Waals surface area contributed by atoms with Crippen LogP contribution in [-0.4, -0.2) is 36.6 Å². The molecule has 0 amide bonds. The maximum absolute atomic E-state index is 13.9. The van der Waals surface area contributed by atoms with Gasteiger partial charge in [-0.3, -0.25) is 14.2 Å². The maximum Gasteiger partial charge on any atom is 0.320 e. The number of carbonyl (C=O) groups is 2. The lowest BCUT2D eigenvalue weighted by Gasteiger charge is -2.16. The highest BCUT2D eigenvalue weighted by molar-refractivity contribution is 7.33. The molecule has 174 valence electrons. The van der Waals surface area contributed by atoms with Crippen LogP contribution in [0.15, 0.2) is 60.7 Å². The molecule has 5 nitrogen and oxygen atoms in total. The third-order valence-electron chi connectivity index (χ3n) is 4.60. The van der Waals surface area contributed by atoms with Crippen molar-refractivity contribution < 1.29 is 40.8 Å². The van der Waals surface area contributed by atoms with Crippen molar-refractivity contribution in [1.82, 2.24) is 0 Å². The summed E-state index contributed by atoms with van der Waals surface area (Å²) < 4.78 is 76.2. The van der Waals surface area contributed by atoms with Gasteiger partial charge in [0.2, 0.25) is 11.6 Å². The quantitative estimate of drug-likeness (QED) is 0.282. The number of hydrogen-bond acceptors (Lipinski definition) is 5. The molecule has 2 aromatic carbocycles. The fourth-order valence-corrected chi connectivity index (χ4v) is 3.25. The van der Waals surface area contributed by atoms with Crippen LogP contribution in [0.2, 0.25) is 0 Å². The summed E-state index contributed by atoms with van der Waals surface area (Å²) >= 11 is 0. The monoisotopic (exact) mass is 474 g/mol. The zero-order valence-corrected chi connectivity index (χ0v) is 18.1. The second-order valence-electron chi connectivity index (χ2n) is 7.05. The van der Waals surface area contributed by atoms with Crippen LogP contribution in [0.25, 0.3) is 0 Å². The molecular formula is C22H23F4O5P. The molecule has 0 aliphatic carbocycles. The van der Waals surface area contributed by atoms with Gasteiger partial charge in [0.25, 0.3) is 0 Å². The number of alkyl halides is 4. The zero-order valence-electron chi connectivity index (χ0n) is 17.1. The largest absolute Gasteiger partial charge is 0.320 e. The van der Waals surface area contributed by atoms with E-state index in [-0.39, 0.29) is 12.8 Å². The highest BCUT2D eigenvalue weighted by Gasteiger charge is 2.39. The normalized spacial score (nSPS) is 12.2. The van der Waals surface area contributed by atoms with E-state index in [2.05, 4.69) is 9.05 Å². The summed E-state index contributed by atoms with van der Waals surface area (Å²) in [5, 5.41) is 0. The Labute approximate surface area is 183 Å². The van der Waals surface area contributed by atoms with Gasteiger partial charge in [0, 0.05) is 12.8 Å². The van der Waals surface area contributed by atoms with Crippen molar-refractivity contribution in [2.24, 2.45) is 0 Å². The molecule has 0 fully saturated rings. The van der Waals surface area contributed by atoms with Crippen LogP contribution in [0.4, 0.5) is 17.6 Å². The van der Waals surface area contributed by atoms with Gasteiger partial charge in [-0.15, -0.1) is 0 Å². The van der Waals surface area contributed by atoms with Gasteiger partial charge < -0.3 is 9.05 Å². The van der Waals surface area contributed by atoms with E-state index in [0.717, 1.165) is 0 Å². The Morgan fingerprint density at radius 3 is 1.38 bits per heavy atom. The van der Waals surface area contributed by atoms with Gasteiger partial charge in [0.05, 0.1) is 0 Å². The van der Waals surface area contributed by atoms with Crippen molar-refractivity contribution in [1.29, 1.82) is 0 Å². The molecule has 10 heteroatoms. The Hall–Kier alpha value is -2.35. The zero-order chi connectivity index (χ0) is 23.6. The maximum atomic E-state index is 13.9. The van der Waals surface area contributed by atoms with Gasteiger partial charge in [0.1, 0.15) is 13.2 Å². The van der Waals surface area contributed by atoms with E-state index in [1.807, 2.05) is 0 Å². The predicted molar refractivity (Wildman–Crippen MR) is 110 cm³/mol. The van der Waals surface area contributed by atoms with Crippen molar-refractivity contribution in [2.75, 3.05) is 13.2 Å². The number of rotatable bonds is 14. The number of aryl methyl sites for hydroxylation is 2. The number of Topliss-reactive ketones (excluding diaryl/α,β-unsaturated/α-hetero) is 2. The Morgan fingerprint density at radius 1 is 0.688 bits per heavy atom. The number of ketones is 2. The molecule has 0 bridgehead atoms. The van der Waals surface area contributed by atoms with Crippen molar-refractivity contribution in [3.63, 3.8) is 0 Å². The molecule has 0 heterocycles. The van der Waals surface area contributed by atoms with Gasteiger partial charge in [-0.25, -0.2) is 0 Å². The van der Waals surface area contributed by atoms with Gasteiger partial charge in [0.15, 0.2) is 0 Å². The van der Waals surface area contributed by atoms with E-state index in [1.165, 1.54) is 0 Å². The summed E-state index contributed by atoms with van der Waals surface area (Å²) in [7, 11) is -3.59. The van der Waals surface area contributed by atoms with E-state index in [1.54, 1.807) is 60.7 Å². The van der Waals surface area contributed by atoms with Crippen molar-refractivity contribution in [2.45, 2.75) is 37.5 Å². The molecule has 0 spiro atoms. The van der Waals surface area contributed by atoms with E-state index < -0.39 is 57.7 Å². The lowest BCUT2D eigenvalue weighted by Crippen LogP contribution is -2.33. The highest BCUT2D eigenvalue weighted by Crippen LogP contribution is 2.29. The molecule has 0 unspecified atom stereocenters. The molecule has 0 saturated carbocycles. The van der Waals surface area contributed by atoms with Gasteiger partial charge in [-0.05, 0) is 24.0 Å². The molecule has 2 aromatic rings. The first-order chi connectivity index (χ1) is 15.1. The lowest BCUT2D eigenvalue weighted by atomic mass is 10.0. The Kier molecular flexibility index (Phi) is 9.75. The van der Waals surface area contributed by atoms with E-state index in [4.69, 9.17) is 0 Å². The molecule has 0 aromatic heterocycles. The highest BCUT2D eigenvalue weighted by atomic mass is 31.1. The number of benzene rings is 2. The summed E-state index contributed by atoms with van der Waals surface area (Å²) in [6.45, 7) is -2.45. The first-order valence-electron chi connectivity index (χ1n) is 9.80. The van der Waals surface area contributed by atoms with Crippen LogP contribution in [0.3, 0.4) is 0 Å². The van der Waals surface area contributed by atoms with E-state index >= 15 is 0 Å². The number of hydrogen-bond donors (Lipinski definition) is 0. The molecule has 0 aliphatic rings. The Balaban J connectivity index is 1.72. The summed E-state index contributed by atoms with van der Waals surface area (Å²) in [5.74, 6) is -10.7. The summed E-state index contributed by atoms with van der Waals surface area (Å²) in [6.07, 6.45) is -1.66. The van der Waals surface area contributed by atoms with Gasteiger partial charge in [-0.1, -0.05) is 60.7 Å². The van der Waals surface area contributed by atoms with Crippen molar-refractivity contribution in [3.05, 3.63) is 71.8 Å². The number of halogens is 4. The first-order valence-corrected chi connectivity index (χ1v) is 11.0. The van der Waals surface area contributed by atoms with E-state index in [0.29, 0.717) is 11.1 Å². The fraction of sp³-hybridized carbons (Fsp3) is 0.364.